The summed E-state index contributed by atoms with van der Waals surface area (Å²) in [5, 5.41) is 3.25. The summed E-state index contributed by atoms with van der Waals surface area (Å²) in [4.78, 5) is 24.9. The van der Waals surface area contributed by atoms with E-state index in [4.69, 9.17) is 16.3 Å². The van der Waals surface area contributed by atoms with Crippen LogP contribution in [0.4, 0.5) is 16.2 Å². The molecule has 9 heteroatoms. The zero-order valence-electron chi connectivity index (χ0n) is 19.3. The van der Waals surface area contributed by atoms with Crippen LogP contribution in [-0.4, -0.2) is 39.6 Å². The van der Waals surface area contributed by atoms with E-state index in [9.17, 15) is 9.59 Å². The molecule has 0 heterocycles. The van der Waals surface area contributed by atoms with Gasteiger partial charge >= 0.3 is 6.03 Å². The normalized spacial score (nSPS) is 10.7. The lowest BCUT2D eigenvalue weighted by molar-refractivity contribution is -0.109. The molecular formula is C25H29ClN4O3S. The minimum Gasteiger partial charge on any atom is -0.497 e. The molecule has 3 aromatic carbocycles. The van der Waals surface area contributed by atoms with Crippen LogP contribution >= 0.6 is 23.7 Å². The summed E-state index contributed by atoms with van der Waals surface area (Å²) < 4.78 is 10.5. The van der Waals surface area contributed by atoms with Gasteiger partial charge in [0.1, 0.15) is 12.0 Å². The van der Waals surface area contributed by atoms with E-state index in [1.54, 1.807) is 31.4 Å². The monoisotopic (exact) mass is 500 g/mol. The Kier molecular flexibility index (Phi) is 11.6. The molecule has 34 heavy (non-hydrogen) atoms. The van der Waals surface area contributed by atoms with Crippen molar-refractivity contribution in [2.75, 3.05) is 30.8 Å². The Balaban J connectivity index is 0.000000310. The van der Waals surface area contributed by atoms with Crippen molar-refractivity contribution >= 4 is 47.4 Å². The van der Waals surface area contributed by atoms with Gasteiger partial charge < -0.3 is 24.5 Å². The predicted octanol–water partition coefficient (Wildman–Crippen LogP) is 5.19. The van der Waals surface area contributed by atoms with E-state index < -0.39 is 12.1 Å². The van der Waals surface area contributed by atoms with Crippen molar-refractivity contribution in [3.05, 3.63) is 89.4 Å². The number of carbonyl (C=O) groups excluding carboxylic acids is 2. The van der Waals surface area contributed by atoms with Crippen molar-refractivity contribution in [3.63, 3.8) is 0 Å². The first-order valence-corrected chi connectivity index (χ1v) is 11.6. The van der Waals surface area contributed by atoms with Crippen LogP contribution in [-0.2, 0) is 11.2 Å². The molecule has 0 radical (unpaired) electrons. The number of nitrogens with zero attached hydrogens (tertiary/aromatic N) is 1. The molecule has 1 unspecified atom stereocenters. The fraction of sp³-hybridized carbons (Fsp3) is 0.200. The summed E-state index contributed by atoms with van der Waals surface area (Å²) in [6.45, 7) is 0. The predicted molar refractivity (Wildman–Crippen MR) is 142 cm³/mol. The number of anilines is 2. The Labute approximate surface area is 210 Å². The smallest absolute Gasteiger partial charge is 0.326 e. The average molecular weight is 501 g/mol. The van der Waals surface area contributed by atoms with Crippen LogP contribution in [0.3, 0.4) is 0 Å². The van der Waals surface area contributed by atoms with Crippen LogP contribution in [0.2, 0.25) is 5.02 Å². The highest BCUT2D eigenvalue weighted by molar-refractivity contribution is 7.99. The zero-order chi connectivity index (χ0) is 24.8. The second-order valence-corrected chi connectivity index (χ2v) is 8.36. The second-order valence-electron chi connectivity index (χ2n) is 7.31. The molecule has 7 nitrogen and oxygen atoms in total. The Morgan fingerprint density at radius 3 is 2.24 bits per heavy atom. The van der Waals surface area contributed by atoms with Gasteiger partial charge in [-0.05, 0) is 60.5 Å². The maximum Gasteiger partial charge on any atom is 0.326 e. The van der Waals surface area contributed by atoms with Crippen molar-refractivity contribution in [3.8, 4) is 5.75 Å². The summed E-state index contributed by atoms with van der Waals surface area (Å²) in [6, 6.07) is 23.5. The molecule has 0 aliphatic carbocycles. The number of hydrogen-bond donors (Lipinski definition) is 3. The summed E-state index contributed by atoms with van der Waals surface area (Å²) >= 11 is 6.80. The van der Waals surface area contributed by atoms with Crippen molar-refractivity contribution in [2.24, 2.45) is 0 Å². The van der Waals surface area contributed by atoms with E-state index in [0.29, 0.717) is 11.4 Å². The molecule has 0 aliphatic heterocycles. The largest absolute Gasteiger partial charge is 0.497 e. The highest BCUT2D eigenvalue weighted by atomic mass is 35.5. The highest BCUT2D eigenvalue weighted by Crippen LogP contribution is 2.17. The molecule has 3 N–H and O–H groups in total. The van der Waals surface area contributed by atoms with Gasteiger partial charge in [-0.2, -0.15) is 0 Å². The third kappa shape index (κ3) is 10.1. The van der Waals surface area contributed by atoms with E-state index in [1.165, 1.54) is 5.69 Å². The zero-order valence-corrected chi connectivity index (χ0v) is 20.9. The van der Waals surface area contributed by atoms with Gasteiger partial charge in [-0.1, -0.05) is 41.9 Å². The molecule has 0 aliphatic rings. The van der Waals surface area contributed by atoms with Gasteiger partial charge in [-0.15, -0.1) is 0 Å². The first-order chi connectivity index (χ1) is 16.4. The van der Waals surface area contributed by atoms with Crippen LogP contribution in [0.25, 0.3) is 0 Å². The number of amides is 2. The Hall–Kier alpha value is -3.36. The number of rotatable bonds is 9. The first-order valence-electron chi connectivity index (χ1n) is 10.5. The minimum atomic E-state index is -0.575. The van der Waals surface area contributed by atoms with Gasteiger partial charge in [-0.3, -0.25) is 4.72 Å². The van der Waals surface area contributed by atoms with Gasteiger partial charge in [0, 0.05) is 30.5 Å². The van der Waals surface area contributed by atoms with Crippen LogP contribution in [0.1, 0.15) is 5.56 Å². The summed E-state index contributed by atoms with van der Waals surface area (Å²) in [5.74, 6) is 0.899. The molecule has 0 spiro atoms. The van der Waals surface area contributed by atoms with Gasteiger partial charge in [0.2, 0.25) is 0 Å². The molecule has 2 amide bonds. The molecular weight excluding hydrogens is 472 g/mol. The number of halogens is 1. The number of ether oxygens (including phenoxy) is 1. The van der Waals surface area contributed by atoms with Gasteiger partial charge in [-0.25, -0.2) is 4.79 Å². The lowest BCUT2D eigenvalue weighted by Crippen LogP contribution is -2.42. The van der Waals surface area contributed by atoms with Crippen molar-refractivity contribution in [2.45, 2.75) is 12.5 Å². The Morgan fingerprint density at radius 1 is 1.03 bits per heavy atom. The molecule has 3 aromatic rings. The van der Waals surface area contributed by atoms with E-state index in [1.807, 2.05) is 68.7 Å². The Bertz CT molecular complexity index is 1000. The van der Waals surface area contributed by atoms with Gasteiger partial charge in [0.15, 0.2) is 0 Å². The molecule has 0 fully saturated rings. The first kappa shape index (κ1) is 26.9. The SMILES string of the molecule is COc1ccc(N(C)C)cc1.O=CC(Cc1ccccc1)NC(=O)NSNc1ccc(Cl)cc1. The Morgan fingerprint density at radius 2 is 1.68 bits per heavy atom. The van der Waals surface area contributed by atoms with E-state index in [0.717, 1.165) is 35.4 Å². The van der Waals surface area contributed by atoms with Crippen molar-refractivity contribution in [1.29, 1.82) is 0 Å². The molecule has 3 rings (SSSR count). The molecule has 0 saturated carbocycles. The second kappa shape index (κ2) is 14.7. The number of benzene rings is 3. The molecule has 0 bridgehead atoms. The fourth-order valence-corrected chi connectivity index (χ4v) is 3.31. The number of carbonyl (C=O) groups is 2. The maximum absolute atomic E-state index is 11.8. The number of urea groups is 1. The summed E-state index contributed by atoms with van der Waals surface area (Å²) in [6.07, 6.45) is 1.18. The molecule has 0 aromatic heterocycles. The minimum absolute atomic E-state index is 0.440. The summed E-state index contributed by atoms with van der Waals surface area (Å²) in [5.41, 5.74) is 2.97. The van der Waals surface area contributed by atoms with Crippen molar-refractivity contribution < 1.29 is 14.3 Å². The standard InChI is InChI=1S/C16H16ClN3O2S.C9H13NO/c17-13-6-8-14(9-7-13)19-23-20-16(22)18-15(11-21)10-12-4-2-1-3-5-12;1-10(2)8-4-6-9(11-3)7-5-8/h1-9,11,15,19H,10H2,(H2,18,20,22);4-7H,1-3H3. The fourth-order valence-electron chi connectivity index (χ4n) is 2.73. The topological polar surface area (TPSA) is 82.7 Å². The number of methoxy groups -OCH3 is 1. The van der Waals surface area contributed by atoms with E-state index in [2.05, 4.69) is 19.7 Å². The lowest BCUT2D eigenvalue weighted by atomic mass is 10.1. The van der Waals surface area contributed by atoms with Gasteiger partial charge in [0.05, 0.1) is 25.3 Å². The lowest BCUT2D eigenvalue weighted by Gasteiger charge is -2.13. The average Bonchev–Trinajstić information content (AvgIpc) is 2.86. The molecule has 180 valence electrons. The highest BCUT2D eigenvalue weighted by Gasteiger charge is 2.11. The van der Waals surface area contributed by atoms with Crippen LogP contribution in [0.5, 0.6) is 5.75 Å². The third-order valence-electron chi connectivity index (χ3n) is 4.52. The van der Waals surface area contributed by atoms with Gasteiger partial charge in [0.25, 0.3) is 0 Å². The number of aldehydes is 1. The van der Waals surface area contributed by atoms with E-state index in [-0.39, 0.29) is 0 Å². The van der Waals surface area contributed by atoms with E-state index >= 15 is 0 Å². The molecule has 0 saturated heterocycles. The quantitative estimate of drug-likeness (QED) is 0.277. The van der Waals surface area contributed by atoms with Crippen LogP contribution in [0, 0.1) is 0 Å². The number of nitrogens with one attached hydrogen (secondary N) is 3. The number of hydrogen-bond acceptors (Lipinski definition) is 6. The maximum atomic E-state index is 11.8. The summed E-state index contributed by atoms with van der Waals surface area (Å²) in [7, 11) is 5.70. The van der Waals surface area contributed by atoms with Crippen LogP contribution < -0.4 is 24.4 Å². The third-order valence-corrected chi connectivity index (χ3v) is 5.40. The van der Waals surface area contributed by atoms with Crippen LogP contribution in [0.15, 0.2) is 78.9 Å². The molecule has 1 atom stereocenters. The van der Waals surface area contributed by atoms with Crippen molar-refractivity contribution in [1.82, 2.24) is 10.0 Å².